The first kappa shape index (κ1) is 18.0. The predicted molar refractivity (Wildman–Crippen MR) is 109 cm³/mol. The molecule has 2 aromatic carbocycles. The van der Waals surface area contributed by atoms with Gasteiger partial charge < -0.3 is 4.90 Å². The van der Waals surface area contributed by atoms with E-state index in [1.165, 1.54) is 42.8 Å². The van der Waals surface area contributed by atoms with Gasteiger partial charge in [0.1, 0.15) is 10.8 Å². The monoisotopic (exact) mass is 379 g/mol. The Morgan fingerprint density at radius 1 is 0.852 bits per heavy atom. The SMILES string of the molecule is Fc1ccccc1CSc1ccc(-c2ccc(N3CCCCC3)cc2)nn1. The molecule has 0 N–H and O–H groups in total. The van der Waals surface area contributed by atoms with Crippen molar-refractivity contribution >= 4 is 17.4 Å². The Labute approximate surface area is 163 Å². The topological polar surface area (TPSA) is 29.0 Å². The molecule has 1 aliphatic rings. The molecule has 3 aromatic rings. The van der Waals surface area contributed by atoms with Crippen LogP contribution in [0, 0.1) is 5.82 Å². The van der Waals surface area contributed by atoms with Gasteiger partial charge in [-0.3, -0.25) is 0 Å². The molecule has 1 saturated heterocycles. The van der Waals surface area contributed by atoms with E-state index >= 15 is 0 Å². The molecule has 0 amide bonds. The minimum Gasteiger partial charge on any atom is -0.372 e. The van der Waals surface area contributed by atoms with Crippen molar-refractivity contribution in [2.75, 3.05) is 18.0 Å². The van der Waals surface area contributed by atoms with Crippen molar-refractivity contribution in [1.82, 2.24) is 10.2 Å². The predicted octanol–water partition coefficient (Wildman–Crippen LogP) is 5.57. The summed E-state index contributed by atoms with van der Waals surface area (Å²) in [5.41, 5.74) is 3.88. The van der Waals surface area contributed by atoms with Crippen molar-refractivity contribution in [1.29, 1.82) is 0 Å². The Morgan fingerprint density at radius 2 is 1.63 bits per heavy atom. The summed E-state index contributed by atoms with van der Waals surface area (Å²) in [5.74, 6) is 0.369. The maximum atomic E-state index is 13.7. The maximum Gasteiger partial charge on any atom is 0.127 e. The highest BCUT2D eigenvalue weighted by Crippen LogP contribution is 2.26. The molecular weight excluding hydrogens is 357 g/mol. The van der Waals surface area contributed by atoms with Crippen molar-refractivity contribution in [3.63, 3.8) is 0 Å². The van der Waals surface area contributed by atoms with Crippen molar-refractivity contribution in [3.05, 3.63) is 72.0 Å². The van der Waals surface area contributed by atoms with Gasteiger partial charge in [-0.2, -0.15) is 0 Å². The smallest absolute Gasteiger partial charge is 0.127 e. The fourth-order valence-electron chi connectivity index (χ4n) is 3.31. The van der Waals surface area contributed by atoms with Crippen LogP contribution in [0.3, 0.4) is 0 Å². The average molecular weight is 380 g/mol. The molecule has 0 saturated carbocycles. The minimum atomic E-state index is -0.177. The fourth-order valence-corrected chi connectivity index (χ4v) is 4.11. The fraction of sp³-hybridized carbons (Fsp3) is 0.273. The molecule has 0 unspecified atom stereocenters. The molecule has 1 fully saturated rings. The van der Waals surface area contributed by atoms with Gasteiger partial charge in [0, 0.05) is 30.1 Å². The van der Waals surface area contributed by atoms with Crippen molar-refractivity contribution in [3.8, 4) is 11.3 Å². The summed E-state index contributed by atoms with van der Waals surface area (Å²) in [5, 5.41) is 9.44. The lowest BCUT2D eigenvalue weighted by Crippen LogP contribution is -2.29. The molecule has 1 aromatic heterocycles. The molecule has 5 heteroatoms. The highest BCUT2D eigenvalue weighted by Gasteiger charge is 2.11. The van der Waals surface area contributed by atoms with Gasteiger partial charge in [-0.1, -0.05) is 42.1 Å². The van der Waals surface area contributed by atoms with Crippen LogP contribution in [-0.2, 0) is 5.75 Å². The van der Waals surface area contributed by atoms with Crippen molar-refractivity contribution in [2.24, 2.45) is 0 Å². The van der Waals surface area contributed by atoms with E-state index in [1.807, 2.05) is 18.2 Å². The molecule has 0 bridgehead atoms. The molecule has 0 spiro atoms. The number of hydrogen-bond acceptors (Lipinski definition) is 4. The number of rotatable bonds is 5. The van der Waals surface area contributed by atoms with Gasteiger partial charge in [0.2, 0.25) is 0 Å². The van der Waals surface area contributed by atoms with Crippen molar-refractivity contribution < 1.29 is 4.39 Å². The van der Waals surface area contributed by atoms with E-state index in [9.17, 15) is 4.39 Å². The first-order valence-electron chi connectivity index (χ1n) is 9.35. The Bertz CT molecular complexity index is 875. The third-order valence-corrected chi connectivity index (χ3v) is 5.83. The highest BCUT2D eigenvalue weighted by molar-refractivity contribution is 7.98. The third-order valence-electron chi connectivity index (χ3n) is 4.86. The Balaban J connectivity index is 1.40. The standard InChI is InChI=1S/C22H22FN3S/c23-20-7-3-2-6-18(20)16-27-22-13-12-21(24-25-22)17-8-10-19(11-9-17)26-14-4-1-5-15-26/h2-3,6-13H,1,4-5,14-16H2. The van der Waals surface area contributed by atoms with Gasteiger partial charge in [0.25, 0.3) is 0 Å². The molecule has 0 aliphatic carbocycles. The van der Waals surface area contributed by atoms with Crippen LogP contribution < -0.4 is 4.90 Å². The Kier molecular flexibility index (Phi) is 5.68. The largest absolute Gasteiger partial charge is 0.372 e. The van der Waals surface area contributed by atoms with E-state index in [0.717, 1.165) is 29.4 Å². The lowest BCUT2D eigenvalue weighted by Gasteiger charge is -2.28. The van der Waals surface area contributed by atoms with Gasteiger partial charge in [-0.05, 0) is 55.2 Å². The second-order valence-corrected chi connectivity index (χ2v) is 7.73. The normalized spacial score (nSPS) is 14.3. The summed E-state index contributed by atoms with van der Waals surface area (Å²) >= 11 is 1.49. The quantitative estimate of drug-likeness (QED) is 0.542. The zero-order valence-corrected chi connectivity index (χ0v) is 16.0. The number of benzene rings is 2. The second-order valence-electron chi connectivity index (χ2n) is 6.73. The molecular formula is C22H22FN3S. The lowest BCUT2D eigenvalue weighted by atomic mass is 10.1. The first-order valence-corrected chi connectivity index (χ1v) is 10.3. The van der Waals surface area contributed by atoms with Crippen LogP contribution in [0.25, 0.3) is 11.3 Å². The van der Waals surface area contributed by atoms with Crippen LogP contribution in [0.15, 0.2) is 65.7 Å². The van der Waals surface area contributed by atoms with E-state index < -0.39 is 0 Å². The van der Waals surface area contributed by atoms with Crippen molar-refractivity contribution in [2.45, 2.75) is 30.0 Å². The summed E-state index contributed by atoms with van der Waals surface area (Å²) < 4.78 is 13.7. The summed E-state index contributed by atoms with van der Waals surface area (Å²) in [6, 6.07) is 19.3. The number of hydrogen-bond donors (Lipinski definition) is 0. The molecule has 0 radical (unpaired) electrons. The molecule has 1 aliphatic heterocycles. The van der Waals surface area contributed by atoms with Gasteiger partial charge in [0.05, 0.1) is 5.69 Å². The molecule has 27 heavy (non-hydrogen) atoms. The van der Waals surface area contributed by atoms with Crippen LogP contribution in [0.4, 0.5) is 10.1 Å². The number of nitrogens with zero attached hydrogens (tertiary/aromatic N) is 3. The van der Waals surface area contributed by atoms with E-state index in [-0.39, 0.29) is 5.82 Å². The maximum absolute atomic E-state index is 13.7. The first-order chi connectivity index (χ1) is 13.3. The Morgan fingerprint density at radius 3 is 2.33 bits per heavy atom. The van der Waals surface area contributed by atoms with Crippen LogP contribution in [0.5, 0.6) is 0 Å². The Hall–Kier alpha value is -2.40. The third kappa shape index (κ3) is 4.48. The van der Waals surface area contributed by atoms with Crippen LogP contribution in [0.1, 0.15) is 24.8 Å². The molecule has 0 atom stereocenters. The number of halogens is 1. The minimum absolute atomic E-state index is 0.177. The van der Waals surface area contributed by atoms with Crippen LogP contribution in [-0.4, -0.2) is 23.3 Å². The number of aromatic nitrogens is 2. The summed E-state index contributed by atoms with van der Waals surface area (Å²) in [7, 11) is 0. The summed E-state index contributed by atoms with van der Waals surface area (Å²) in [6.45, 7) is 2.29. The second kappa shape index (κ2) is 8.53. The lowest BCUT2D eigenvalue weighted by molar-refractivity contribution is 0.578. The number of anilines is 1. The molecule has 2 heterocycles. The molecule has 3 nitrogen and oxygen atoms in total. The number of thioether (sulfide) groups is 1. The zero-order valence-electron chi connectivity index (χ0n) is 15.1. The highest BCUT2D eigenvalue weighted by atomic mass is 32.2. The van der Waals surface area contributed by atoms with Gasteiger partial charge in [-0.15, -0.1) is 10.2 Å². The average Bonchev–Trinajstić information content (AvgIpc) is 2.74. The summed E-state index contributed by atoms with van der Waals surface area (Å²) in [4.78, 5) is 2.45. The van der Waals surface area contributed by atoms with Gasteiger partial charge in [0.15, 0.2) is 0 Å². The van der Waals surface area contributed by atoms with E-state index in [0.29, 0.717) is 11.3 Å². The van der Waals surface area contributed by atoms with Crippen LogP contribution >= 0.6 is 11.8 Å². The van der Waals surface area contributed by atoms with E-state index in [2.05, 4.69) is 39.4 Å². The summed E-state index contributed by atoms with van der Waals surface area (Å²) in [6.07, 6.45) is 3.89. The van der Waals surface area contributed by atoms with Gasteiger partial charge >= 0.3 is 0 Å². The van der Waals surface area contributed by atoms with E-state index in [1.54, 1.807) is 12.1 Å². The zero-order chi connectivity index (χ0) is 18.5. The molecule has 138 valence electrons. The number of piperidine rings is 1. The van der Waals surface area contributed by atoms with E-state index in [4.69, 9.17) is 0 Å². The van der Waals surface area contributed by atoms with Gasteiger partial charge in [-0.25, -0.2) is 4.39 Å². The van der Waals surface area contributed by atoms with Crippen LogP contribution in [0.2, 0.25) is 0 Å². The molecule has 4 rings (SSSR count).